The standard InChI is InChI=1S/C13H18N4S/c1-9(14)8-11-4-6-12(7-5-11)18-13-16-15-10(2)17(13)3/h4-7,9H,8,14H2,1-3H3. The van der Waals surface area contributed by atoms with Crippen molar-refractivity contribution >= 4 is 11.8 Å². The van der Waals surface area contributed by atoms with Crippen LogP contribution in [0.4, 0.5) is 0 Å². The lowest BCUT2D eigenvalue weighted by Crippen LogP contribution is -2.17. The van der Waals surface area contributed by atoms with E-state index in [1.807, 2.05) is 25.5 Å². The van der Waals surface area contributed by atoms with Crippen LogP contribution >= 0.6 is 11.8 Å². The summed E-state index contributed by atoms with van der Waals surface area (Å²) in [5, 5.41) is 9.09. The predicted octanol–water partition coefficient (Wildman–Crippen LogP) is 2.16. The SMILES string of the molecule is Cc1nnc(Sc2ccc(CC(C)N)cc2)n1C. The molecule has 0 aliphatic carbocycles. The summed E-state index contributed by atoms with van der Waals surface area (Å²) < 4.78 is 1.99. The van der Waals surface area contributed by atoms with Crippen molar-refractivity contribution in [2.24, 2.45) is 12.8 Å². The highest BCUT2D eigenvalue weighted by molar-refractivity contribution is 7.99. The highest BCUT2D eigenvalue weighted by Crippen LogP contribution is 2.26. The molecular formula is C13H18N4S. The third kappa shape index (κ3) is 3.11. The molecule has 1 heterocycles. The number of nitrogens with two attached hydrogens (primary N) is 1. The fraction of sp³-hybridized carbons (Fsp3) is 0.385. The number of benzene rings is 1. The van der Waals surface area contributed by atoms with Crippen molar-refractivity contribution in [3.8, 4) is 0 Å². The summed E-state index contributed by atoms with van der Waals surface area (Å²) in [7, 11) is 1.97. The minimum Gasteiger partial charge on any atom is -0.328 e. The summed E-state index contributed by atoms with van der Waals surface area (Å²) in [6.45, 7) is 3.97. The van der Waals surface area contributed by atoms with Crippen LogP contribution in [0, 0.1) is 6.92 Å². The minimum absolute atomic E-state index is 0.199. The number of hydrogen-bond acceptors (Lipinski definition) is 4. The lowest BCUT2D eigenvalue weighted by atomic mass is 10.1. The maximum atomic E-state index is 5.78. The molecule has 1 aromatic carbocycles. The molecule has 1 unspecified atom stereocenters. The van der Waals surface area contributed by atoms with E-state index >= 15 is 0 Å². The number of rotatable bonds is 4. The Balaban J connectivity index is 2.08. The van der Waals surface area contributed by atoms with Gasteiger partial charge in [-0.25, -0.2) is 0 Å². The first-order valence-corrected chi connectivity index (χ1v) is 6.76. The van der Waals surface area contributed by atoms with Gasteiger partial charge in [0.05, 0.1) is 0 Å². The molecule has 0 radical (unpaired) electrons. The summed E-state index contributed by atoms with van der Waals surface area (Å²) in [6.07, 6.45) is 0.911. The average molecular weight is 262 g/mol. The van der Waals surface area contributed by atoms with Crippen LogP contribution in [0.5, 0.6) is 0 Å². The van der Waals surface area contributed by atoms with E-state index < -0.39 is 0 Å². The van der Waals surface area contributed by atoms with E-state index in [-0.39, 0.29) is 6.04 Å². The summed E-state index contributed by atoms with van der Waals surface area (Å²) in [5.41, 5.74) is 7.05. The van der Waals surface area contributed by atoms with E-state index in [0.29, 0.717) is 0 Å². The lowest BCUT2D eigenvalue weighted by Gasteiger charge is -2.06. The fourth-order valence-electron chi connectivity index (χ4n) is 1.65. The van der Waals surface area contributed by atoms with E-state index in [4.69, 9.17) is 5.73 Å². The molecule has 18 heavy (non-hydrogen) atoms. The number of hydrogen-bond donors (Lipinski definition) is 1. The van der Waals surface area contributed by atoms with Crippen LogP contribution in [0.25, 0.3) is 0 Å². The maximum Gasteiger partial charge on any atom is 0.195 e. The van der Waals surface area contributed by atoms with Gasteiger partial charge in [-0.1, -0.05) is 12.1 Å². The van der Waals surface area contributed by atoms with Crippen molar-refractivity contribution in [2.75, 3.05) is 0 Å². The Labute approximate surface area is 112 Å². The van der Waals surface area contributed by atoms with Gasteiger partial charge in [0, 0.05) is 18.0 Å². The largest absolute Gasteiger partial charge is 0.328 e. The van der Waals surface area contributed by atoms with Gasteiger partial charge in [-0.05, 0) is 49.7 Å². The zero-order valence-corrected chi connectivity index (χ0v) is 11.7. The van der Waals surface area contributed by atoms with Crippen molar-refractivity contribution in [1.82, 2.24) is 14.8 Å². The maximum absolute atomic E-state index is 5.78. The molecule has 2 N–H and O–H groups in total. The van der Waals surface area contributed by atoms with Gasteiger partial charge in [-0.2, -0.15) is 0 Å². The van der Waals surface area contributed by atoms with Gasteiger partial charge in [0.15, 0.2) is 5.16 Å². The molecule has 0 aliphatic heterocycles. The molecule has 4 nitrogen and oxygen atoms in total. The zero-order chi connectivity index (χ0) is 13.1. The Morgan fingerprint density at radius 1 is 1.28 bits per heavy atom. The van der Waals surface area contributed by atoms with Crippen LogP contribution in [0.1, 0.15) is 18.3 Å². The van der Waals surface area contributed by atoms with Crippen molar-refractivity contribution < 1.29 is 0 Å². The van der Waals surface area contributed by atoms with Gasteiger partial charge in [-0.15, -0.1) is 10.2 Å². The zero-order valence-electron chi connectivity index (χ0n) is 10.9. The first kappa shape index (κ1) is 13.1. The normalized spacial score (nSPS) is 12.7. The third-order valence-electron chi connectivity index (χ3n) is 2.74. The summed E-state index contributed by atoms with van der Waals surface area (Å²) in [6, 6.07) is 8.65. The number of nitrogens with zero attached hydrogens (tertiary/aromatic N) is 3. The topological polar surface area (TPSA) is 56.7 Å². The minimum atomic E-state index is 0.199. The monoisotopic (exact) mass is 262 g/mol. The van der Waals surface area contributed by atoms with Crippen molar-refractivity contribution in [3.05, 3.63) is 35.7 Å². The second-order valence-corrected chi connectivity index (χ2v) is 5.56. The molecule has 0 amide bonds. The smallest absolute Gasteiger partial charge is 0.195 e. The van der Waals surface area contributed by atoms with E-state index in [0.717, 1.165) is 17.4 Å². The van der Waals surface area contributed by atoms with Crippen molar-refractivity contribution in [3.63, 3.8) is 0 Å². The first-order chi connectivity index (χ1) is 8.56. The molecule has 0 fully saturated rings. The van der Waals surface area contributed by atoms with E-state index in [1.165, 1.54) is 10.5 Å². The molecule has 0 bridgehead atoms. The van der Waals surface area contributed by atoms with E-state index in [9.17, 15) is 0 Å². The van der Waals surface area contributed by atoms with Crippen molar-refractivity contribution in [1.29, 1.82) is 0 Å². The number of aromatic nitrogens is 3. The Kier molecular flexibility index (Phi) is 4.04. The van der Waals surface area contributed by atoms with Gasteiger partial charge in [0.2, 0.25) is 0 Å². The van der Waals surface area contributed by atoms with Crippen LogP contribution < -0.4 is 5.73 Å². The van der Waals surface area contributed by atoms with Crippen LogP contribution in [0.2, 0.25) is 0 Å². The summed E-state index contributed by atoms with van der Waals surface area (Å²) in [5.74, 6) is 0.922. The molecule has 0 spiro atoms. The van der Waals surface area contributed by atoms with E-state index in [2.05, 4.69) is 34.5 Å². The Morgan fingerprint density at radius 3 is 2.44 bits per heavy atom. The third-order valence-corrected chi connectivity index (χ3v) is 3.79. The average Bonchev–Trinajstić information content (AvgIpc) is 2.63. The van der Waals surface area contributed by atoms with Crippen LogP contribution in [0.3, 0.4) is 0 Å². The quantitative estimate of drug-likeness (QED) is 0.917. The van der Waals surface area contributed by atoms with Gasteiger partial charge < -0.3 is 10.3 Å². The van der Waals surface area contributed by atoms with Crippen LogP contribution in [0.15, 0.2) is 34.3 Å². The number of aryl methyl sites for hydroxylation is 1. The Hall–Kier alpha value is -1.33. The molecular weight excluding hydrogens is 244 g/mol. The van der Waals surface area contributed by atoms with Crippen LogP contribution in [-0.2, 0) is 13.5 Å². The highest BCUT2D eigenvalue weighted by atomic mass is 32.2. The molecule has 96 valence electrons. The second-order valence-electron chi connectivity index (χ2n) is 4.52. The molecule has 2 rings (SSSR count). The van der Waals surface area contributed by atoms with Gasteiger partial charge >= 0.3 is 0 Å². The summed E-state index contributed by atoms with van der Waals surface area (Å²) >= 11 is 1.62. The molecule has 0 saturated carbocycles. The van der Waals surface area contributed by atoms with Gasteiger partial charge in [0.25, 0.3) is 0 Å². The fourth-order valence-corrected chi connectivity index (χ4v) is 2.48. The molecule has 0 saturated heterocycles. The molecule has 1 atom stereocenters. The second kappa shape index (κ2) is 5.54. The highest BCUT2D eigenvalue weighted by Gasteiger charge is 2.07. The lowest BCUT2D eigenvalue weighted by molar-refractivity contribution is 0.737. The molecule has 1 aromatic heterocycles. The van der Waals surface area contributed by atoms with Crippen molar-refractivity contribution in [2.45, 2.75) is 36.4 Å². The molecule has 5 heteroatoms. The first-order valence-electron chi connectivity index (χ1n) is 5.94. The van der Waals surface area contributed by atoms with E-state index in [1.54, 1.807) is 11.8 Å². The van der Waals surface area contributed by atoms with Gasteiger partial charge in [0.1, 0.15) is 5.82 Å². The predicted molar refractivity (Wildman–Crippen MR) is 73.7 cm³/mol. The Morgan fingerprint density at radius 2 is 1.94 bits per heavy atom. The van der Waals surface area contributed by atoms with Gasteiger partial charge in [-0.3, -0.25) is 0 Å². The van der Waals surface area contributed by atoms with Crippen LogP contribution in [-0.4, -0.2) is 20.8 Å². The molecule has 2 aromatic rings. The summed E-state index contributed by atoms with van der Waals surface area (Å²) in [4.78, 5) is 1.17. The molecule has 0 aliphatic rings. The Bertz CT molecular complexity index is 516.